The second-order valence-corrected chi connectivity index (χ2v) is 12.7. The molecule has 3 heterocycles. The van der Waals surface area contributed by atoms with Crippen LogP contribution in [-0.2, 0) is 26.9 Å². The summed E-state index contributed by atoms with van der Waals surface area (Å²) in [4.78, 5) is 23.6. The van der Waals surface area contributed by atoms with E-state index in [-0.39, 0.29) is 36.5 Å². The molecule has 0 radical (unpaired) electrons. The normalized spacial score (nSPS) is 27.9. The molecule has 1 aromatic heterocycles. The number of piperidine rings is 1. The molecule has 3 atom stereocenters. The van der Waals surface area contributed by atoms with Crippen LogP contribution in [0.5, 0.6) is 0 Å². The largest absolute Gasteiger partial charge is 0.494 e. The second kappa shape index (κ2) is 7.36. The lowest BCUT2D eigenvalue weighted by Crippen LogP contribution is -2.41. The molecule has 4 aliphatic rings. The van der Waals surface area contributed by atoms with E-state index < -0.39 is 5.60 Å². The van der Waals surface area contributed by atoms with E-state index in [1.54, 1.807) is 0 Å². The molecule has 3 fully saturated rings. The summed E-state index contributed by atoms with van der Waals surface area (Å²) in [5, 5.41) is 0. The van der Waals surface area contributed by atoms with Crippen LogP contribution < -0.4 is 5.46 Å². The van der Waals surface area contributed by atoms with Crippen LogP contribution in [-0.4, -0.2) is 50.9 Å². The molecule has 35 heavy (non-hydrogen) atoms. The van der Waals surface area contributed by atoms with Gasteiger partial charge in [0.15, 0.2) is 0 Å². The number of carbonyl (C=O) groups excluding carboxylic acids is 1. The number of hydrogen-bond donors (Lipinski definition) is 1. The number of likely N-dealkylation sites (tertiary alicyclic amines) is 1. The van der Waals surface area contributed by atoms with Gasteiger partial charge in [0.05, 0.1) is 22.9 Å². The van der Waals surface area contributed by atoms with Crippen LogP contribution in [0, 0.1) is 5.92 Å². The number of nitrogens with one attached hydrogen (secondary N) is 1. The Morgan fingerprint density at radius 1 is 1.14 bits per heavy atom. The summed E-state index contributed by atoms with van der Waals surface area (Å²) in [5.74, 6) is 1.44. The molecule has 2 aliphatic carbocycles. The standard InChI is InChI=1S/C27H36BN3O4/c1-25(2,3)33-24(32)31-20-13-16(20)14-21(31)23-29-19-11-8-15-12-17(9-10-18(15)22(19)30-23)28-34-26(4,5)27(6,7)35-28/h9-10,12,16,20-21H,8,11,13-14H2,1-7H3,(H,29,30)/t16?,20?,21-/m0/s1. The zero-order valence-corrected chi connectivity index (χ0v) is 21.9. The van der Waals surface area contributed by atoms with Gasteiger partial charge < -0.3 is 19.0 Å². The van der Waals surface area contributed by atoms with Crippen molar-refractivity contribution in [3.63, 3.8) is 0 Å². The van der Waals surface area contributed by atoms with Crippen molar-refractivity contribution < 1.29 is 18.8 Å². The quantitative estimate of drug-likeness (QED) is 0.643. The van der Waals surface area contributed by atoms with Crippen molar-refractivity contribution in [2.24, 2.45) is 5.92 Å². The van der Waals surface area contributed by atoms with Gasteiger partial charge in [-0.2, -0.15) is 0 Å². The molecule has 7 nitrogen and oxygen atoms in total. The molecule has 0 bridgehead atoms. The van der Waals surface area contributed by atoms with Crippen molar-refractivity contribution in [2.45, 2.75) is 103 Å². The van der Waals surface area contributed by atoms with E-state index in [1.807, 2.05) is 25.7 Å². The number of carbonyl (C=O) groups is 1. The summed E-state index contributed by atoms with van der Waals surface area (Å²) in [7, 11) is -0.367. The van der Waals surface area contributed by atoms with Gasteiger partial charge in [-0.3, -0.25) is 4.90 Å². The Kier molecular flexibility index (Phi) is 4.86. The molecule has 2 aromatic rings. The monoisotopic (exact) mass is 477 g/mol. The molecule has 2 saturated heterocycles. The van der Waals surface area contributed by atoms with Gasteiger partial charge in [0, 0.05) is 17.3 Å². The Hall–Kier alpha value is -2.32. The number of amides is 1. The van der Waals surface area contributed by atoms with Gasteiger partial charge in [-0.05, 0) is 91.1 Å². The van der Waals surface area contributed by atoms with Gasteiger partial charge in [0.1, 0.15) is 11.4 Å². The average Bonchev–Trinajstić information content (AvgIpc) is 3.12. The first-order valence-corrected chi connectivity index (χ1v) is 12.9. The number of ether oxygens (including phenoxy) is 1. The Labute approximate surface area is 208 Å². The van der Waals surface area contributed by atoms with Gasteiger partial charge in [-0.1, -0.05) is 18.2 Å². The molecular weight excluding hydrogens is 441 g/mol. The summed E-state index contributed by atoms with van der Waals surface area (Å²) in [6.07, 6.45) is 3.62. The molecule has 1 saturated carbocycles. The molecule has 8 heteroatoms. The number of aromatic amines is 1. The Balaban J connectivity index is 1.27. The smallest absolute Gasteiger partial charge is 0.444 e. The highest BCUT2D eigenvalue weighted by Crippen LogP contribution is 2.53. The predicted octanol–water partition coefficient (Wildman–Crippen LogP) is 4.54. The third-order valence-corrected chi connectivity index (χ3v) is 8.38. The maximum Gasteiger partial charge on any atom is 0.494 e. The van der Waals surface area contributed by atoms with E-state index in [0.717, 1.165) is 53.9 Å². The zero-order chi connectivity index (χ0) is 24.9. The minimum atomic E-state index is -0.509. The van der Waals surface area contributed by atoms with E-state index in [4.69, 9.17) is 19.0 Å². The molecule has 2 unspecified atom stereocenters. The molecule has 186 valence electrons. The van der Waals surface area contributed by atoms with Gasteiger partial charge in [0.2, 0.25) is 0 Å². The summed E-state index contributed by atoms with van der Waals surface area (Å²) >= 11 is 0. The van der Waals surface area contributed by atoms with E-state index >= 15 is 0 Å². The molecule has 0 spiro atoms. The third-order valence-electron chi connectivity index (χ3n) is 8.38. The highest BCUT2D eigenvalue weighted by Gasteiger charge is 2.56. The molecule has 1 amide bonds. The Morgan fingerprint density at radius 3 is 2.54 bits per heavy atom. The van der Waals surface area contributed by atoms with Crippen LogP contribution in [0.2, 0.25) is 0 Å². The highest BCUT2D eigenvalue weighted by atomic mass is 16.7. The summed E-state index contributed by atoms with van der Waals surface area (Å²) in [6, 6.07) is 6.70. The SMILES string of the molecule is CC(C)(C)OC(=O)N1C2CC2C[C@H]1c1nc2c([nH]1)CCc1cc(B3OC(C)(C)C(C)(C)O3)ccc1-2. The number of imidazole rings is 1. The fourth-order valence-corrected chi connectivity index (χ4v) is 5.71. The first-order valence-electron chi connectivity index (χ1n) is 12.9. The highest BCUT2D eigenvalue weighted by molar-refractivity contribution is 6.62. The fourth-order valence-electron chi connectivity index (χ4n) is 5.71. The lowest BCUT2D eigenvalue weighted by atomic mass is 9.76. The topological polar surface area (TPSA) is 76.7 Å². The number of benzene rings is 1. The van der Waals surface area contributed by atoms with Crippen LogP contribution in [0.15, 0.2) is 18.2 Å². The Morgan fingerprint density at radius 2 is 1.86 bits per heavy atom. The lowest BCUT2D eigenvalue weighted by molar-refractivity contribution is 0.00578. The van der Waals surface area contributed by atoms with Crippen molar-refractivity contribution in [1.82, 2.24) is 14.9 Å². The van der Waals surface area contributed by atoms with Crippen molar-refractivity contribution >= 4 is 18.7 Å². The van der Waals surface area contributed by atoms with Gasteiger partial charge in [-0.15, -0.1) is 0 Å². The maximum atomic E-state index is 13.0. The first kappa shape index (κ1) is 23.1. The van der Waals surface area contributed by atoms with E-state index in [0.29, 0.717) is 5.92 Å². The van der Waals surface area contributed by atoms with Gasteiger partial charge in [-0.25, -0.2) is 9.78 Å². The van der Waals surface area contributed by atoms with Crippen LogP contribution in [0.4, 0.5) is 4.79 Å². The molecular formula is C27H36BN3O4. The summed E-state index contributed by atoms with van der Waals surface area (Å²) in [5.41, 5.74) is 4.40. The molecule has 1 aromatic carbocycles. The minimum Gasteiger partial charge on any atom is -0.444 e. The minimum absolute atomic E-state index is 0.0494. The molecule has 1 N–H and O–H groups in total. The zero-order valence-electron chi connectivity index (χ0n) is 21.9. The second-order valence-electron chi connectivity index (χ2n) is 12.7. The first-order chi connectivity index (χ1) is 16.3. The van der Waals surface area contributed by atoms with E-state index in [9.17, 15) is 4.79 Å². The number of H-pyrrole nitrogens is 1. The molecule has 6 rings (SSSR count). The molecule has 2 aliphatic heterocycles. The van der Waals surface area contributed by atoms with Crippen molar-refractivity contribution in [3.8, 4) is 11.3 Å². The van der Waals surface area contributed by atoms with Gasteiger partial charge in [0.25, 0.3) is 0 Å². The van der Waals surface area contributed by atoms with Gasteiger partial charge >= 0.3 is 13.2 Å². The fraction of sp³-hybridized carbons (Fsp3) is 0.630. The number of aromatic nitrogens is 2. The van der Waals surface area contributed by atoms with Crippen LogP contribution in [0.25, 0.3) is 11.3 Å². The van der Waals surface area contributed by atoms with Crippen LogP contribution >= 0.6 is 0 Å². The number of nitrogens with zero attached hydrogens (tertiary/aromatic N) is 2. The van der Waals surface area contributed by atoms with Crippen LogP contribution in [0.1, 0.15) is 84.4 Å². The Bertz CT molecular complexity index is 1180. The van der Waals surface area contributed by atoms with E-state index in [2.05, 4.69) is 50.9 Å². The number of hydrogen-bond acceptors (Lipinski definition) is 5. The lowest BCUT2D eigenvalue weighted by Gasteiger charge is -2.32. The van der Waals surface area contributed by atoms with Crippen molar-refractivity contribution in [2.75, 3.05) is 0 Å². The summed E-state index contributed by atoms with van der Waals surface area (Å²) in [6.45, 7) is 14.1. The predicted molar refractivity (Wildman–Crippen MR) is 134 cm³/mol. The number of fused-ring (bicyclic) bond motifs is 4. The van der Waals surface area contributed by atoms with Crippen LogP contribution in [0.3, 0.4) is 0 Å². The maximum absolute atomic E-state index is 13.0. The summed E-state index contributed by atoms with van der Waals surface area (Å²) < 4.78 is 18.3. The number of rotatable bonds is 2. The average molecular weight is 477 g/mol. The number of aryl methyl sites for hydroxylation is 2. The van der Waals surface area contributed by atoms with Crippen molar-refractivity contribution in [1.29, 1.82) is 0 Å². The third kappa shape index (κ3) is 3.80. The van der Waals surface area contributed by atoms with E-state index in [1.165, 1.54) is 5.56 Å². The van der Waals surface area contributed by atoms with Crippen molar-refractivity contribution in [3.05, 3.63) is 35.3 Å².